The highest BCUT2D eigenvalue weighted by Crippen LogP contribution is 2.37. The highest BCUT2D eigenvalue weighted by molar-refractivity contribution is 5.75. The molecule has 0 spiro atoms. The number of carbonyl (C=O) groups excluding carboxylic acids is 1. The minimum absolute atomic E-state index is 0.0241. The largest absolute Gasteiger partial charge is 0.513 e. The van der Waals surface area contributed by atoms with E-state index in [1.807, 2.05) is 45.3 Å². The zero-order valence-corrected chi connectivity index (χ0v) is 29.4. The Morgan fingerprint density at radius 3 is 2.33 bits per heavy atom. The highest BCUT2D eigenvalue weighted by atomic mass is 16.7. The predicted molar refractivity (Wildman–Crippen MR) is 191 cm³/mol. The van der Waals surface area contributed by atoms with E-state index >= 15 is 0 Å². The van der Waals surface area contributed by atoms with E-state index in [9.17, 15) is 14.9 Å². The molecular formula is C38H48N4O6. The van der Waals surface area contributed by atoms with Crippen LogP contribution in [0.4, 0.5) is 16.2 Å². The van der Waals surface area contributed by atoms with Crippen molar-refractivity contribution >= 4 is 17.5 Å². The van der Waals surface area contributed by atoms with E-state index in [-0.39, 0.29) is 18.0 Å². The Morgan fingerprint density at radius 1 is 1.06 bits per heavy atom. The molecule has 10 nitrogen and oxygen atoms in total. The first-order valence-electron chi connectivity index (χ1n) is 16.1. The zero-order valence-electron chi connectivity index (χ0n) is 29.4. The molecule has 0 amide bonds. The van der Waals surface area contributed by atoms with Gasteiger partial charge in [0.25, 0.3) is 5.69 Å². The molecule has 0 N–H and O–H groups in total. The van der Waals surface area contributed by atoms with Crippen LogP contribution in [-0.4, -0.2) is 41.1 Å². The molecule has 0 atom stereocenters. The van der Waals surface area contributed by atoms with Crippen molar-refractivity contribution in [3.63, 3.8) is 0 Å². The van der Waals surface area contributed by atoms with Crippen LogP contribution in [0, 0.1) is 24.0 Å². The van der Waals surface area contributed by atoms with Gasteiger partial charge in [0.15, 0.2) is 0 Å². The lowest BCUT2D eigenvalue weighted by Crippen LogP contribution is -2.34. The summed E-state index contributed by atoms with van der Waals surface area (Å²) >= 11 is 0. The molecule has 1 aromatic heterocycles. The molecule has 2 heterocycles. The van der Waals surface area contributed by atoms with Gasteiger partial charge in [-0.2, -0.15) is 5.10 Å². The number of allylic oxidation sites excluding steroid dienone is 1. The monoisotopic (exact) mass is 656 g/mol. The first-order valence-corrected chi connectivity index (χ1v) is 16.1. The molecule has 0 aliphatic carbocycles. The number of rotatable bonds is 8. The number of benzene rings is 3. The van der Waals surface area contributed by atoms with E-state index in [0.717, 1.165) is 42.0 Å². The van der Waals surface area contributed by atoms with E-state index in [1.165, 1.54) is 53.1 Å². The zero-order chi connectivity index (χ0) is 35.4. The first kappa shape index (κ1) is 37.3. The molecule has 1 aliphatic heterocycles. The maximum absolute atomic E-state index is 12.2. The third kappa shape index (κ3) is 9.70. The molecule has 10 heteroatoms. The third-order valence-electron chi connectivity index (χ3n) is 7.79. The lowest BCUT2D eigenvalue weighted by molar-refractivity contribution is -0.384. The van der Waals surface area contributed by atoms with Crippen LogP contribution < -0.4 is 14.4 Å². The lowest BCUT2D eigenvalue weighted by Gasteiger charge is -2.32. The second-order valence-electron chi connectivity index (χ2n) is 12.3. The van der Waals surface area contributed by atoms with Gasteiger partial charge in [0.1, 0.15) is 18.1 Å². The van der Waals surface area contributed by atoms with Crippen molar-refractivity contribution in [1.82, 2.24) is 9.78 Å². The Balaban J connectivity index is 0.000000404. The molecule has 0 radical (unpaired) electrons. The van der Waals surface area contributed by atoms with Crippen LogP contribution in [0.3, 0.4) is 0 Å². The van der Waals surface area contributed by atoms with Gasteiger partial charge in [-0.05, 0) is 94.0 Å². The molecule has 48 heavy (non-hydrogen) atoms. The van der Waals surface area contributed by atoms with Gasteiger partial charge >= 0.3 is 6.16 Å². The number of nitrogens with zero attached hydrogens (tertiary/aromatic N) is 4. The SMILES string of the molecule is C=C(C)N1CCCc2c(-c3cnn(C(C)(C)COC(=O)Oc4ccc([N+](=O)[O-])cc4)c3)cccc21.CCC.COc1cccc(C)c1C. The van der Waals surface area contributed by atoms with Gasteiger partial charge in [-0.3, -0.25) is 14.8 Å². The van der Waals surface area contributed by atoms with Crippen molar-refractivity contribution in [2.75, 3.05) is 25.2 Å². The van der Waals surface area contributed by atoms with Crippen molar-refractivity contribution in [2.24, 2.45) is 0 Å². The number of anilines is 1. The van der Waals surface area contributed by atoms with Gasteiger partial charge in [-0.25, -0.2) is 4.79 Å². The van der Waals surface area contributed by atoms with E-state index in [1.54, 1.807) is 11.8 Å². The third-order valence-corrected chi connectivity index (χ3v) is 7.79. The molecule has 5 rings (SSSR count). The molecule has 1 aliphatic rings. The van der Waals surface area contributed by atoms with Crippen LogP contribution in [0.25, 0.3) is 11.1 Å². The molecule has 0 saturated carbocycles. The number of carbonyl (C=O) groups is 1. The highest BCUT2D eigenvalue weighted by Gasteiger charge is 2.26. The summed E-state index contributed by atoms with van der Waals surface area (Å²) in [7, 11) is 1.70. The summed E-state index contributed by atoms with van der Waals surface area (Å²) < 4.78 is 17.3. The fourth-order valence-electron chi connectivity index (χ4n) is 5.09. The molecule has 3 aromatic carbocycles. The number of nitro benzene ring substituents is 1. The van der Waals surface area contributed by atoms with Crippen LogP contribution in [0.5, 0.6) is 11.5 Å². The first-order chi connectivity index (χ1) is 22.8. The minimum Gasteiger partial charge on any atom is -0.496 e. The number of ether oxygens (including phenoxy) is 3. The van der Waals surface area contributed by atoms with Crippen LogP contribution in [0.15, 0.2) is 85.3 Å². The van der Waals surface area contributed by atoms with Crippen molar-refractivity contribution in [1.29, 1.82) is 0 Å². The summed E-state index contributed by atoms with van der Waals surface area (Å²) in [6.45, 7) is 19.3. The Labute approximate surface area is 284 Å². The van der Waals surface area contributed by atoms with Crippen LogP contribution in [0.1, 0.15) is 64.2 Å². The van der Waals surface area contributed by atoms with E-state index in [0.29, 0.717) is 0 Å². The number of non-ortho nitro benzene ring substituents is 1. The standard InChI is InChI=1S/C26H28N4O5.C9H12O.C3H8/c1-18(2)28-14-6-8-23-22(7-5-9-24(23)28)19-15-27-29(16-19)26(3,4)17-34-25(31)35-21-12-10-20(11-13-21)30(32)33;1-7-5-4-6-9(10-3)8(7)2;1-3-2/h5,7,9-13,15-16H,1,6,8,14,17H2,2-4H3;4-6H,1-3H3;3H2,1-2H3. The summed E-state index contributed by atoms with van der Waals surface area (Å²) in [6.07, 6.45) is 6.19. The Kier molecular flexibility index (Phi) is 13.3. The molecule has 0 bridgehead atoms. The van der Waals surface area contributed by atoms with E-state index in [4.69, 9.17) is 14.2 Å². The van der Waals surface area contributed by atoms with Crippen LogP contribution >= 0.6 is 0 Å². The van der Waals surface area contributed by atoms with Crippen molar-refractivity contribution in [3.05, 3.63) is 112 Å². The maximum atomic E-state index is 12.2. The maximum Gasteiger partial charge on any atom is 0.513 e. The summed E-state index contributed by atoms with van der Waals surface area (Å²) in [4.78, 5) is 24.6. The van der Waals surface area contributed by atoms with Crippen molar-refractivity contribution in [2.45, 2.75) is 73.3 Å². The van der Waals surface area contributed by atoms with Gasteiger partial charge < -0.3 is 19.1 Å². The molecule has 0 fully saturated rings. The number of hydrogen-bond donors (Lipinski definition) is 0. The van der Waals surface area contributed by atoms with Gasteiger partial charge in [0.05, 0.1) is 23.8 Å². The number of aromatic nitrogens is 2. The molecular weight excluding hydrogens is 608 g/mol. The summed E-state index contributed by atoms with van der Waals surface area (Å²) in [6, 6.07) is 17.6. The Morgan fingerprint density at radius 2 is 1.73 bits per heavy atom. The summed E-state index contributed by atoms with van der Waals surface area (Å²) in [5.74, 6) is 1.14. The average molecular weight is 657 g/mol. The number of fused-ring (bicyclic) bond motifs is 1. The van der Waals surface area contributed by atoms with Crippen LogP contribution in [-0.2, 0) is 16.7 Å². The van der Waals surface area contributed by atoms with Gasteiger partial charge in [0.2, 0.25) is 0 Å². The summed E-state index contributed by atoms with van der Waals surface area (Å²) in [5.41, 5.74) is 7.40. The number of hydrogen-bond acceptors (Lipinski definition) is 8. The number of methoxy groups -OCH3 is 1. The topological polar surface area (TPSA) is 109 Å². The number of nitro groups is 1. The second-order valence-corrected chi connectivity index (χ2v) is 12.3. The van der Waals surface area contributed by atoms with Crippen molar-refractivity contribution < 1.29 is 23.9 Å². The molecule has 256 valence electrons. The molecule has 0 unspecified atom stereocenters. The Bertz CT molecular complexity index is 1690. The normalized spacial score (nSPS) is 12.0. The van der Waals surface area contributed by atoms with E-state index < -0.39 is 16.6 Å². The fourth-order valence-corrected chi connectivity index (χ4v) is 5.09. The van der Waals surface area contributed by atoms with Gasteiger partial charge in [0, 0.05) is 41.8 Å². The average Bonchev–Trinajstić information content (AvgIpc) is 3.57. The molecule has 4 aromatic rings. The van der Waals surface area contributed by atoms with Gasteiger partial charge in [-0.15, -0.1) is 0 Å². The van der Waals surface area contributed by atoms with Gasteiger partial charge in [-0.1, -0.05) is 51.1 Å². The Hall–Kier alpha value is -5.12. The minimum atomic E-state index is -0.892. The van der Waals surface area contributed by atoms with E-state index in [2.05, 4.69) is 68.5 Å². The lowest BCUT2D eigenvalue weighted by atomic mass is 9.93. The van der Waals surface area contributed by atoms with Crippen LogP contribution in [0.2, 0.25) is 0 Å². The van der Waals surface area contributed by atoms with Crippen molar-refractivity contribution in [3.8, 4) is 22.6 Å². The predicted octanol–water partition coefficient (Wildman–Crippen LogP) is 9.42. The fraction of sp³-hybridized carbons (Fsp3) is 0.368. The quantitative estimate of drug-likeness (QED) is 0.0799. The number of aryl methyl sites for hydroxylation is 1. The second kappa shape index (κ2) is 17.2. The molecule has 0 saturated heterocycles. The summed E-state index contributed by atoms with van der Waals surface area (Å²) in [5, 5.41) is 15.3. The smallest absolute Gasteiger partial charge is 0.496 e.